The number of methoxy groups -OCH3 is 1. The van der Waals surface area contributed by atoms with E-state index in [1.807, 2.05) is 60.0 Å². The van der Waals surface area contributed by atoms with Crippen LogP contribution in [0.4, 0.5) is 10.1 Å². The summed E-state index contributed by atoms with van der Waals surface area (Å²) in [6, 6.07) is 21.6. The number of carbonyl (C=O) groups excluding carboxylic acids is 1. The molecule has 0 aliphatic rings. The molecule has 0 radical (unpaired) electrons. The van der Waals surface area contributed by atoms with Crippen molar-refractivity contribution in [1.82, 2.24) is 14.8 Å². The Morgan fingerprint density at radius 1 is 1.03 bits per heavy atom. The molecule has 8 heteroatoms. The maximum atomic E-state index is 13.9. The highest BCUT2D eigenvalue weighted by atomic mass is 32.2. The fourth-order valence-corrected chi connectivity index (χ4v) is 4.08. The highest BCUT2D eigenvalue weighted by Gasteiger charge is 2.22. The Hall–Kier alpha value is -3.65. The third-order valence-corrected chi connectivity index (χ3v) is 6.10. The monoisotopic (exact) mass is 462 g/mol. The molecule has 1 atom stereocenters. The third kappa shape index (κ3) is 5.06. The topological polar surface area (TPSA) is 69.0 Å². The van der Waals surface area contributed by atoms with E-state index in [0.29, 0.717) is 11.0 Å². The molecule has 0 saturated heterocycles. The molecule has 4 aromatic rings. The molecule has 1 unspecified atom stereocenters. The lowest BCUT2D eigenvalue weighted by atomic mass is 10.2. The van der Waals surface area contributed by atoms with Crippen LogP contribution in [0.1, 0.15) is 12.5 Å². The van der Waals surface area contributed by atoms with Gasteiger partial charge in [-0.2, -0.15) is 0 Å². The molecule has 0 bridgehead atoms. The fourth-order valence-electron chi connectivity index (χ4n) is 3.21. The number of hydrogen-bond acceptors (Lipinski definition) is 5. The van der Waals surface area contributed by atoms with Gasteiger partial charge in [0.2, 0.25) is 5.91 Å². The molecule has 1 N–H and O–H groups in total. The van der Waals surface area contributed by atoms with Gasteiger partial charge >= 0.3 is 0 Å². The molecule has 0 saturated carbocycles. The number of amides is 1. The highest BCUT2D eigenvalue weighted by molar-refractivity contribution is 8.00. The molecule has 168 valence electrons. The lowest BCUT2D eigenvalue weighted by Crippen LogP contribution is -2.23. The van der Waals surface area contributed by atoms with Gasteiger partial charge in [0, 0.05) is 11.3 Å². The number of rotatable bonds is 7. The minimum Gasteiger partial charge on any atom is -0.497 e. The molecule has 6 nitrogen and oxygen atoms in total. The van der Waals surface area contributed by atoms with E-state index in [-0.39, 0.29) is 11.6 Å². The smallest absolute Gasteiger partial charge is 0.237 e. The number of thioether (sulfide) groups is 1. The van der Waals surface area contributed by atoms with E-state index in [9.17, 15) is 9.18 Å². The van der Waals surface area contributed by atoms with Crippen LogP contribution in [0.25, 0.3) is 17.1 Å². The quantitative estimate of drug-likeness (QED) is 0.367. The average molecular weight is 463 g/mol. The first kappa shape index (κ1) is 22.5. The zero-order valence-corrected chi connectivity index (χ0v) is 19.3. The molecular weight excluding hydrogens is 439 g/mol. The van der Waals surface area contributed by atoms with Gasteiger partial charge in [0.15, 0.2) is 11.0 Å². The fraction of sp³-hybridized carbons (Fsp3) is 0.160. The second-order valence-corrected chi connectivity index (χ2v) is 8.74. The average Bonchev–Trinajstić information content (AvgIpc) is 3.24. The van der Waals surface area contributed by atoms with Crippen LogP contribution >= 0.6 is 11.8 Å². The van der Waals surface area contributed by atoms with Crippen LogP contribution in [0, 0.1) is 12.7 Å². The van der Waals surface area contributed by atoms with E-state index in [4.69, 9.17) is 4.74 Å². The summed E-state index contributed by atoms with van der Waals surface area (Å²) in [6.45, 7) is 3.77. The number of anilines is 1. The lowest BCUT2D eigenvalue weighted by Gasteiger charge is -2.14. The molecule has 0 fully saturated rings. The Balaban J connectivity index is 1.66. The van der Waals surface area contributed by atoms with Crippen LogP contribution in [-0.4, -0.2) is 33.0 Å². The van der Waals surface area contributed by atoms with Gasteiger partial charge in [0.25, 0.3) is 0 Å². The number of nitrogens with zero attached hydrogens (tertiary/aromatic N) is 3. The van der Waals surface area contributed by atoms with Crippen molar-refractivity contribution in [2.45, 2.75) is 24.3 Å². The molecule has 1 heterocycles. The van der Waals surface area contributed by atoms with Gasteiger partial charge in [0.05, 0.1) is 18.0 Å². The Labute approximate surface area is 195 Å². The predicted molar refractivity (Wildman–Crippen MR) is 128 cm³/mol. The van der Waals surface area contributed by atoms with Crippen molar-refractivity contribution in [3.8, 4) is 22.8 Å². The number of halogens is 1. The molecule has 0 spiro atoms. The largest absolute Gasteiger partial charge is 0.497 e. The van der Waals surface area contributed by atoms with E-state index in [1.165, 1.54) is 23.9 Å². The zero-order chi connectivity index (χ0) is 23.4. The Bertz CT molecular complexity index is 1260. The maximum Gasteiger partial charge on any atom is 0.237 e. The normalized spacial score (nSPS) is 11.8. The van der Waals surface area contributed by atoms with Crippen LogP contribution in [0.5, 0.6) is 5.75 Å². The van der Waals surface area contributed by atoms with Crippen LogP contribution in [0.2, 0.25) is 0 Å². The second kappa shape index (κ2) is 9.87. The number of benzene rings is 3. The lowest BCUT2D eigenvalue weighted by molar-refractivity contribution is -0.115. The van der Waals surface area contributed by atoms with Crippen molar-refractivity contribution in [1.29, 1.82) is 0 Å². The van der Waals surface area contributed by atoms with Crippen LogP contribution in [-0.2, 0) is 4.79 Å². The number of aromatic nitrogens is 3. The summed E-state index contributed by atoms with van der Waals surface area (Å²) in [5, 5.41) is 11.4. The van der Waals surface area contributed by atoms with Gasteiger partial charge in [-0.15, -0.1) is 10.2 Å². The van der Waals surface area contributed by atoms with Crippen molar-refractivity contribution < 1.29 is 13.9 Å². The van der Waals surface area contributed by atoms with Gasteiger partial charge in [-0.1, -0.05) is 41.6 Å². The molecular formula is C25H23FN4O2S. The van der Waals surface area contributed by atoms with Gasteiger partial charge in [0.1, 0.15) is 11.6 Å². The highest BCUT2D eigenvalue weighted by Crippen LogP contribution is 2.31. The zero-order valence-electron chi connectivity index (χ0n) is 18.4. The second-order valence-electron chi connectivity index (χ2n) is 7.43. The first-order valence-electron chi connectivity index (χ1n) is 10.3. The molecule has 33 heavy (non-hydrogen) atoms. The van der Waals surface area contributed by atoms with E-state index in [2.05, 4.69) is 15.5 Å². The predicted octanol–water partition coefficient (Wildman–Crippen LogP) is 5.51. The molecule has 0 aliphatic carbocycles. The van der Waals surface area contributed by atoms with Crippen molar-refractivity contribution in [3.63, 3.8) is 0 Å². The SMILES string of the molecule is COc1ccc(-c2nnc(SC(C)C(=O)Nc3ccccc3F)n2-c2ccc(C)cc2)cc1. The molecule has 1 amide bonds. The van der Waals surface area contributed by atoms with E-state index >= 15 is 0 Å². The summed E-state index contributed by atoms with van der Waals surface area (Å²) in [5.74, 6) is 0.584. The number of hydrogen-bond donors (Lipinski definition) is 1. The summed E-state index contributed by atoms with van der Waals surface area (Å²) in [4.78, 5) is 12.7. The molecule has 1 aromatic heterocycles. The van der Waals surface area contributed by atoms with Crippen molar-refractivity contribution in [2.24, 2.45) is 0 Å². The minimum atomic E-state index is -0.540. The number of nitrogens with one attached hydrogen (secondary N) is 1. The summed E-state index contributed by atoms with van der Waals surface area (Å²) in [6.07, 6.45) is 0. The molecule has 3 aromatic carbocycles. The van der Waals surface area contributed by atoms with Crippen molar-refractivity contribution in [2.75, 3.05) is 12.4 Å². The number of para-hydroxylation sites is 1. The van der Waals surface area contributed by atoms with Crippen LogP contribution in [0.15, 0.2) is 78.0 Å². The minimum absolute atomic E-state index is 0.147. The van der Waals surface area contributed by atoms with Gasteiger partial charge in [-0.3, -0.25) is 9.36 Å². The van der Waals surface area contributed by atoms with E-state index < -0.39 is 11.1 Å². The third-order valence-electron chi connectivity index (χ3n) is 5.06. The van der Waals surface area contributed by atoms with E-state index in [0.717, 1.165) is 22.6 Å². The van der Waals surface area contributed by atoms with Crippen molar-refractivity contribution >= 4 is 23.4 Å². The number of aryl methyl sites for hydroxylation is 1. The van der Waals surface area contributed by atoms with E-state index in [1.54, 1.807) is 26.2 Å². The summed E-state index contributed by atoms with van der Waals surface area (Å²) >= 11 is 1.26. The molecule has 0 aliphatic heterocycles. The van der Waals surface area contributed by atoms with Crippen LogP contribution in [0.3, 0.4) is 0 Å². The Morgan fingerprint density at radius 2 is 1.73 bits per heavy atom. The van der Waals surface area contributed by atoms with Gasteiger partial charge in [-0.25, -0.2) is 4.39 Å². The first-order chi connectivity index (χ1) is 16.0. The first-order valence-corrected chi connectivity index (χ1v) is 11.2. The van der Waals surface area contributed by atoms with Gasteiger partial charge < -0.3 is 10.1 Å². The number of carbonyl (C=O) groups is 1. The Kier molecular flexibility index (Phi) is 6.74. The Morgan fingerprint density at radius 3 is 2.39 bits per heavy atom. The summed E-state index contributed by atoms with van der Waals surface area (Å²) in [7, 11) is 1.62. The maximum absolute atomic E-state index is 13.9. The molecule has 4 rings (SSSR count). The summed E-state index contributed by atoms with van der Waals surface area (Å²) < 4.78 is 21.1. The van der Waals surface area contributed by atoms with Gasteiger partial charge in [-0.05, 0) is 62.4 Å². The van der Waals surface area contributed by atoms with Crippen LogP contribution < -0.4 is 10.1 Å². The van der Waals surface area contributed by atoms with Crippen molar-refractivity contribution in [3.05, 3.63) is 84.2 Å². The number of ether oxygens (including phenoxy) is 1. The standard InChI is InChI=1S/C25H23FN4O2S/c1-16-8-12-19(13-9-16)30-23(18-10-14-20(32-3)15-11-18)28-29-25(30)33-17(2)24(31)27-22-7-5-4-6-21(22)26/h4-15,17H,1-3H3,(H,27,31). The summed E-state index contributed by atoms with van der Waals surface area (Å²) in [5.41, 5.74) is 3.01.